The third-order valence-electron chi connectivity index (χ3n) is 3.58. The zero-order valence-electron chi connectivity index (χ0n) is 14.4. The summed E-state index contributed by atoms with van der Waals surface area (Å²) in [4.78, 5) is 26.3. The monoisotopic (exact) mass is 387 g/mol. The van der Waals surface area contributed by atoms with Gasteiger partial charge in [0, 0.05) is 18.7 Å². The van der Waals surface area contributed by atoms with Crippen molar-refractivity contribution >= 4 is 11.8 Å². The lowest BCUT2D eigenvalue weighted by molar-refractivity contribution is -0.123. The fourth-order valence-corrected chi connectivity index (χ4v) is 2.28. The van der Waals surface area contributed by atoms with Crippen LogP contribution in [0.2, 0.25) is 0 Å². The molecule has 1 aromatic heterocycles. The molecular formula is C17H17F4N3O3. The predicted molar refractivity (Wildman–Crippen MR) is 88.0 cm³/mol. The van der Waals surface area contributed by atoms with Gasteiger partial charge in [-0.15, -0.1) is 0 Å². The number of halogens is 4. The first kappa shape index (κ1) is 20.3. The van der Waals surface area contributed by atoms with Gasteiger partial charge in [-0.05, 0) is 13.0 Å². The van der Waals surface area contributed by atoms with Crippen molar-refractivity contribution in [1.29, 1.82) is 0 Å². The van der Waals surface area contributed by atoms with Crippen molar-refractivity contribution < 1.29 is 31.9 Å². The van der Waals surface area contributed by atoms with Gasteiger partial charge in [-0.3, -0.25) is 9.59 Å². The molecule has 0 spiro atoms. The van der Waals surface area contributed by atoms with E-state index in [1.807, 2.05) is 0 Å². The molecule has 0 bridgehead atoms. The van der Waals surface area contributed by atoms with Gasteiger partial charge < -0.3 is 20.4 Å². The van der Waals surface area contributed by atoms with Crippen LogP contribution in [0.25, 0.3) is 0 Å². The van der Waals surface area contributed by atoms with Crippen molar-refractivity contribution in [2.45, 2.75) is 19.2 Å². The largest absolute Gasteiger partial charge is 0.483 e. The number of aromatic amines is 1. The lowest BCUT2D eigenvalue weighted by Crippen LogP contribution is -2.34. The summed E-state index contributed by atoms with van der Waals surface area (Å²) in [5.74, 6) is -2.33. The van der Waals surface area contributed by atoms with Gasteiger partial charge in [0.2, 0.25) is 0 Å². The number of H-pyrrole nitrogens is 1. The molecule has 0 aliphatic rings. The lowest BCUT2D eigenvalue weighted by atomic mass is 10.1. The Morgan fingerprint density at radius 1 is 1.22 bits per heavy atom. The molecule has 3 N–H and O–H groups in total. The minimum Gasteiger partial charge on any atom is -0.483 e. The number of alkyl halides is 3. The Bertz CT molecular complexity index is 833. The minimum absolute atomic E-state index is 0.0951. The van der Waals surface area contributed by atoms with Crippen LogP contribution in [0.1, 0.15) is 39.6 Å². The molecule has 0 radical (unpaired) electrons. The molecule has 2 amide bonds. The number of nitrogens with one attached hydrogen (secondary N) is 3. The quantitative estimate of drug-likeness (QED) is 0.667. The highest BCUT2D eigenvalue weighted by molar-refractivity contribution is 5.99. The Hall–Kier alpha value is -3.04. The molecule has 0 aliphatic carbocycles. The molecule has 6 nitrogen and oxygen atoms in total. The molecule has 0 fully saturated rings. The van der Waals surface area contributed by atoms with Crippen LogP contribution in [-0.2, 0) is 0 Å². The summed E-state index contributed by atoms with van der Waals surface area (Å²) in [7, 11) is 1.33. The van der Waals surface area contributed by atoms with Crippen molar-refractivity contribution in [3.63, 3.8) is 0 Å². The maximum absolute atomic E-state index is 13.9. The Kier molecular flexibility index (Phi) is 6.09. The van der Waals surface area contributed by atoms with Crippen molar-refractivity contribution in [3.8, 4) is 5.75 Å². The van der Waals surface area contributed by atoms with E-state index in [9.17, 15) is 27.2 Å². The zero-order chi connectivity index (χ0) is 20.2. The summed E-state index contributed by atoms with van der Waals surface area (Å²) >= 11 is 0. The number of amides is 2. The van der Waals surface area contributed by atoms with Crippen LogP contribution in [0.15, 0.2) is 30.3 Å². The number of benzene rings is 1. The molecular weight excluding hydrogens is 370 g/mol. The van der Waals surface area contributed by atoms with E-state index in [1.54, 1.807) is 11.4 Å². The third kappa shape index (κ3) is 5.22. The predicted octanol–water partition coefficient (Wildman–Crippen LogP) is 2.95. The molecule has 1 heterocycles. The Morgan fingerprint density at radius 2 is 1.89 bits per heavy atom. The van der Waals surface area contributed by atoms with E-state index in [2.05, 4.69) is 10.3 Å². The van der Waals surface area contributed by atoms with Crippen LogP contribution in [0.4, 0.5) is 17.6 Å². The molecule has 2 aromatic rings. The summed E-state index contributed by atoms with van der Waals surface area (Å²) in [6.07, 6.45) is -5.40. The molecule has 10 heteroatoms. The van der Waals surface area contributed by atoms with Gasteiger partial charge in [0.15, 0.2) is 5.75 Å². The SMILES string of the molecule is CNC(=O)c1[nH]c(C(=O)NCC(F)(F)F)cc1OC(C)c1ccccc1F. The highest BCUT2D eigenvalue weighted by atomic mass is 19.4. The second-order valence-electron chi connectivity index (χ2n) is 5.58. The van der Waals surface area contributed by atoms with Gasteiger partial charge in [0.1, 0.15) is 29.9 Å². The van der Waals surface area contributed by atoms with E-state index in [0.717, 1.165) is 6.07 Å². The topological polar surface area (TPSA) is 83.2 Å². The molecule has 1 unspecified atom stereocenters. The number of aromatic nitrogens is 1. The lowest BCUT2D eigenvalue weighted by Gasteiger charge is -2.15. The third-order valence-corrected chi connectivity index (χ3v) is 3.58. The van der Waals surface area contributed by atoms with Crippen molar-refractivity contribution in [2.24, 2.45) is 0 Å². The first-order chi connectivity index (χ1) is 12.6. The summed E-state index contributed by atoms with van der Waals surface area (Å²) in [6, 6.07) is 6.92. The highest BCUT2D eigenvalue weighted by Crippen LogP contribution is 2.28. The van der Waals surface area contributed by atoms with Crippen molar-refractivity contribution in [1.82, 2.24) is 15.6 Å². The fraction of sp³-hybridized carbons (Fsp3) is 0.294. The van der Waals surface area contributed by atoms with E-state index >= 15 is 0 Å². The highest BCUT2D eigenvalue weighted by Gasteiger charge is 2.29. The van der Waals surface area contributed by atoms with Crippen LogP contribution in [0, 0.1) is 5.82 Å². The number of carbonyl (C=O) groups is 2. The van der Waals surface area contributed by atoms with E-state index < -0.39 is 36.5 Å². The molecule has 2 rings (SSSR count). The van der Waals surface area contributed by atoms with Crippen LogP contribution in [-0.4, -0.2) is 36.6 Å². The van der Waals surface area contributed by atoms with Crippen LogP contribution in [0.5, 0.6) is 5.75 Å². The number of hydrogen-bond donors (Lipinski definition) is 3. The summed E-state index contributed by atoms with van der Waals surface area (Å²) < 4.78 is 56.2. The molecule has 0 aliphatic heterocycles. The second kappa shape index (κ2) is 8.11. The van der Waals surface area contributed by atoms with E-state index in [-0.39, 0.29) is 22.7 Å². The first-order valence-electron chi connectivity index (χ1n) is 7.83. The average molecular weight is 387 g/mol. The number of ether oxygens (including phenoxy) is 1. The second-order valence-corrected chi connectivity index (χ2v) is 5.58. The molecule has 146 valence electrons. The fourth-order valence-electron chi connectivity index (χ4n) is 2.28. The summed E-state index contributed by atoms with van der Waals surface area (Å²) in [5.41, 5.74) is -0.254. The van der Waals surface area contributed by atoms with Gasteiger partial charge in [0.05, 0.1) is 0 Å². The van der Waals surface area contributed by atoms with Gasteiger partial charge in [0.25, 0.3) is 11.8 Å². The Balaban J connectivity index is 2.26. The molecule has 1 atom stereocenters. The van der Waals surface area contributed by atoms with Gasteiger partial charge in [-0.2, -0.15) is 13.2 Å². The van der Waals surface area contributed by atoms with Crippen LogP contribution >= 0.6 is 0 Å². The smallest absolute Gasteiger partial charge is 0.405 e. The molecule has 1 aromatic carbocycles. The average Bonchev–Trinajstić information content (AvgIpc) is 3.02. The summed E-state index contributed by atoms with van der Waals surface area (Å²) in [5, 5.41) is 4.01. The van der Waals surface area contributed by atoms with E-state index in [0.29, 0.717) is 0 Å². The minimum atomic E-state index is -4.58. The van der Waals surface area contributed by atoms with Gasteiger partial charge in [-0.25, -0.2) is 4.39 Å². The first-order valence-corrected chi connectivity index (χ1v) is 7.83. The molecule has 0 saturated heterocycles. The zero-order valence-corrected chi connectivity index (χ0v) is 14.4. The van der Waals surface area contributed by atoms with Crippen molar-refractivity contribution in [2.75, 3.05) is 13.6 Å². The summed E-state index contributed by atoms with van der Waals surface area (Å²) in [6.45, 7) is 0.00439. The Labute approximate surface area is 151 Å². The van der Waals surface area contributed by atoms with Crippen molar-refractivity contribution in [3.05, 3.63) is 53.1 Å². The Morgan fingerprint density at radius 3 is 2.48 bits per heavy atom. The van der Waals surface area contributed by atoms with Gasteiger partial charge >= 0.3 is 6.18 Å². The number of carbonyl (C=O) groups excluding carboxylic acids is 2. The normalized spacial score (nSPS) is 12.4. The van der Waals surface area contributed by atoms with Gasteiger partial charge in [-0.1, -0.05) is 18.2 Å². The molecule has 27 heavy (non-hydrogen) atoms. The van der Waals surface area contributed by atoms with Crippen LogP contribution < -0.4 is 15.4 Å². The number of hydrogen-bond acceptors (Lipinski definition) is 3. The number of rotatable bonds is 6. The maximum atomic E-state index is 13.9. The standard InChI is InChI=1S/C17H17F4N3O3/c1-9(10-5-3-4-6-11(10)18)27-13-7-12(24-14(13)16(26)22-2)15(25)23-8-17(19,20)21/h3-7,9,24H,8H2,1-2H3,(H,22,26)(H,23,25). The molecule has 0 saturated carbocycles. The van der Waals surface area contributed by atoms with E-state index in [4.69, 9.17) is 4.74 Å². The van der Waals surface area contributed by atoms with E-state index in [1.165, 1.54) is 32.2 Å². The maximum Gasteiger partial charge on any atom is 0.405 e. The van der Waals surface area contributed by atoms with Crippen LogP contribution in [0.3, 0.4) is 0 Å².